The van der Waals surface area contributed by atoms with Gasteiger partial charge in [0.2, 0.25) is 0 Å². The van der Waals surface area contributed by atoms with Crippen LogP contribution >= 0.6 is 0 Å². The van der Waals surface area contributed by atoms with E-state index in [1.807, 2.05) is 78.9 Å². The van der Waals surface area contributed by atoms with E-state index in [0.717, 1.165) is 16.7 Å². The third kappa shape index (κ3) is 4.39. The maximum absolute atomic E-state index is 11.5. The van der Waals surface area contributed by atoms with Crippen LogP contribution in [0.4, 0.5) is 11.4 Å². The molecule has 0 spiro atoms. The van der Waals surface area contributed by atoms with Crippen LogP contribution in [0.15, 0.2) is 72.8 Å². The fourth-order valence-corrected chi connectivity index (χ4v) is 2.58. The minimum Gasteiger partial charge on any atom is -0.733 e. The molecule has 3 aromatic carbocycles. The number of nitrogens with zero attached hydrogens (tertiary/aromatic N) is 1. The summed E-state index contributed by atoms with van der Waals surface area (Å²) in [7, 11) is 0. The van der Waals surface area contributed by atoms with Crippen molar-refractivity contribution in [3.63, 3.8) is 0 Å². The zero-order valence-electron chi connectivity index (χ0n) is 14.1. The molecule has 3 rings (SSSR count). The van der Waals surface area contributed by atoms with E-state index in [2.05, 4.69) is 0 Å². The zero-order valence-corrected chi connectivity index (χ0v) is 14.1. The van der Waals surface area contributed by atoms with E-state index in [1.54, 1.807) is 12.1 Å². The van der Waals surface area contributed by atoms with Crippen LogP contribution in [0.25, 0.3) is 24.3 Å². The first-order valence-corrected chi connectivity index (χ1v) is 8.19. The highest BCUT2D eigenvalue weighted by Gasteiger charge is 2.06. The molecule has 0 aliphatic carbocycles. The van der Waals surface area contributed by atoms with Crippen LogP contribution in [-0.2, 0) is 0 Å². The smallest absolute Gasteiger partial charge is 0.0602 e. The Kier molecular flexibility index (Phi) is 5.49. The molecule has 4 nitrogen and oxygen atoms in total. The van der Waals surface area contributed by atoms with Crippen molar-refractivity contribution in [2.75, 3.05) is 11.0 Å². The van der Waals surface area contributed by atoms with Gasteiger partial charge >= 0.3 is 0 Å². The van der Waals surface area contributed by atoms with Crippen LogP contribution in [0.1, 0.15) is 22.3 Å². The van der Waals surface area contributed by atoms with Gasteiger partial charge in [-0.15, -0.1) is 0 Å². The third-order valence-electron chi connectivity index (χ3n) is 3.95. The van der Waals surface area contributed by atoms with E-state index >= 15 is 0 Å². The van der Waals surface area contributed by atoms with Gasteiger partial charge in [-0.1, -0.05) is 85.0 Å². The van der Waals surface area contributed by atoms with Gasteiger partial charge in [-0.3, -0.25) is 5.21 Å². The highest BCUT2D eigenvalue weighted by atomic mass is 16.8. The van der Waals surface area contributed by atoms with Crippen molar-refractivity contribution in [3.05, 3.63) is 100 Å². The monoisotopic (exact) mass is 343 g/mol. The molecule has 4 heteroatoms. The van der Waals surface area contributed by atoms with Crippen molar-refractivity contribution in [1.82, 2.24) is 0 Å². The van der Waals surface area contributed by atoms with Crippen molar-refractivity contribution >= 4 is 35.7 Å². The van der Waals surface area contributed by atoms with E-state index in [4.69, 9.17) is 5.73 Å². The normalized spacial score (nSPS) is 11.3. The summed E-state index contributed by atoms with van der Waals surface area (Å²) >= 11 is 0. The Balaban J connectivity index is 1.96. The Labute approximate surface area is 152 Å². The highest BCUT2D eigenvalue weighted by molar-refractivity contribution is 5.85. The van der Waals surface area contributed by atoms with Crippen LogP contribution in [0.5, 0.6) is 0 Å². The SMILES string of the molecule is Nc1cc(N([O-])O)c(C=Cc2ccccc2)cc1C=Cc1ccccc1. The van der Waals surface area contributed by atoms with Crippen molar-refractivity contribution in [2.45, 2.75) is 0 Å². The summed E-state index contributed by atoms with van der Waals surface area (Å²) in [5.41, 5.74) is 9.95. The molecule has 0 aromatic heterocycles. The molecule has 0 saturated heterocycles. The van der Waals surface area contributed by atoms with Gasteiger partial charge in [0.1, 0.15) is 0 Å². The van der Waals surface area contributed by atoms with Crippen molar-refractivity contribution < 1.29 is 5.21 Å². The zero-order chi connectivity index (χ0) is 18.4. The second-order valence-electron chi connectivity index (χ2n) is 5.80. The van der Waals surface area contributed by atoms with Crippen LogP contribution in [0, 0.1) is 5.21 Å². The largest absolute Gasteiger partial charge is 0.733 e. The number of hydrogen-bond acceptors (Lipinski definition) is 4. The molecule has 0 fully saturated rings. The number of nitrogens with two attached hydrogens (primary N) is 1. The summed E-state index contributed by atoms with van der Waals surface area (Å²) in [4.78, 5) is 0. The van der Waals surface area contributed by atoms with Gasteiger partial charge in [0.05, 0.1) is 5.69 Å². The highest BCUT2D eigenvalue weighted by Crippen LogP contribution is 2.29. The van der Waals surface area contributed by atoms with Crippen LogP contribution in [-0.4, -0.2) is 5.21 Å². The standard InChI is InChI=1S/C22H19N2O2/c23-21-16-22(24(25)26)20(14-12-18-9-5-2-6-10-18)15-19(21)13-11-17-7-3-1-4-8-17/h1-16,25H,23H2/q-1. The molecule has 3 N–H and O–H groups in total. The molecule has 0 aliphatic rings. The molecular weight excluding hydrogens is 324 g/mol. The summed E-state index contributed by atoms with van der Waals surface area (Å²) in [5, 5.41) is 20.7. The van der Waals surface area contributed by atoms with Gasteiger partial charge in [-0.25, -0.2) is 0 Å². The van der Waals surface area contributed by atoms with Crippen molar-refractivity contribution in [3.8, 4) is 0 Å². The summed E-state index contributed by atoms with van der Waals surface area (Å²) in [6.45, 7) is 0. The number of anilines is 2. The predicted molar refractivity (Wildman–Crippen MR) is 109 cm³/mol. The minimum absolute atomic E-state index is 0.103. The lowest BCUT2D eigenvalue weighted by Gasteiger charge is -2.24. The lowest BCUT2D eigenvalue weighted by molar-refractivity contribution is 0.296. The molecule has 0 bridgehead atoms. The number of nitrogen functional groups attached to an aromatic ring is 1. The van der Waals surface area contributed by atoms with Crippen LogP contribution in [0.3, 0.4) is 0 Å². The number of benzene rings is 3. The first-order chi connectivity index (χ1) is 12.6. The summed E-state index contributed by atoms with van der Waals surface area (Å²) < 4.78 is 0. The maximum atomic E-state index is 11.5. The van der Waals surface area contributed by atoms with Gasteiger partial charge in [-0.05, 0) is 34.4 Å². The molecular formula is C22H19N2O2-. The van der Waals surface area contributed by atoms with E-state index in [9.17, 15) is 10.4 Å². The Hall–Kier alpha value is -3.34. The molecule has 0 atom stereocenters. The van der Waals surface area contributed by atoms with E-state index < -0.39 is 0 Å². The molecule has 0 saturated carbocycles. The molecule has 0 unspecified atom stereocenters. The van der Waals surface area contributed by atoms with Gasteiger partial charge < -0.3 is 16.2 Å². The molecule has 0 radical (unpaired) electrons. The summed E-state index contributed by atoms with van der Waals surface area (Å²) in [5.74, 6) is 0. The summed E-state index contributed by atoms with van der Waals surface area (Å²) in [6, 6.07) is 22.8. The van der Waals surface area contributed by atoms with Crippen molar-refractivity contribution in [2.24, 2.45) is 0 Å². The molecule has 130 valence electrons. The van der Waals surface area contributed by atoms with E-state index in [1.165, 1.54) is 6.07 Å². The van der Waals surface area contributed by atoms with Gasteiger partial charge in [0.15, 0.2) is 0 Å². The van der Waals surface area contributed by atoms with Crippen LogP contribution in [0.2, 0.25) is 0 Å². The van der Waals surface area contributed by atoms with Crippen LogP contribution < -0.4 is 11.0 Å². The topological polar surface area (TPSA) is 72.5 Å². The fraction of sp³-hybridized carbons (Fsp3) is 0. The maximum Gasteiger partial charge on any atom is 0.0602 e. The summed E-state index contributed by atoms with van der Waals surface area (Å²) in [6.07, 6.45) is 7.50. The molecule has 3 aromatic rings. The van der Waals surface area contributed by atoms with Gasteiger partial charge in [0.25, 0.3) is 0 Å². The predicted octanol–water partition coefficient (Wildman–Crippen LogP) is 5.30. The fourth-order valence-electron chi connectivity index (χ4n) is 2.58. The third-order valence-corrected chi connectivity index (χ3v) is 3.95. The Bertz CT molecular complexity index is 918. The van der Waals surface area contributed by atoms with Gasteiger partial charge in [0, 0.05) is 5.69 Å². The number of rotatable bonds is 5. The first-order valence-electron chi connectivity index (χ1n) is 8.19. The number of hydrogen-bond donors (Lipinski definition) is 2. The molecule has 26 heavy (non-hydrogen) atoms. The first kappa shape index (κ1) is 17.5. The van der Waals surface area contributed by atoms with E-state index in [-0.39, 0.29) is 10.9 Å². The average Bonchev–Trinajstić information content (AvgIpc) is 2.67. The van der Waals surface area contributed by atoms with Crippen molar-refractivity contribution in [1.29, 1.82) is 0 Å². The molecule has 0 heterocycles. The molecule has 0 amide bonds. The minimum atomic E-state index is -0.161. The second-order valence-corrected chi connectivity index (χ2v) is 5.80. The Morgan fingerprint density at radius 3 is 1.73 bits per heavy atom. The lowest BCUT2D eigenvalue weighted by atomic mass is 10.0. The Morgan fingerprint density at radius 1 is 0.731 bits per heavy atom. The molecule has 0 aliphatic heterocycles. The Morgan fingerprint density at radius 2 is 1.23 bits per heavy atom. The van der Waals surface area contributed by atoms with Gasteiger partial charge in [-0.2, -0.15) is 0 Å². The average molecular weight is 343 g/mol. The second kappa shape index (κ2) is 8.16. The quantitative estimate of drug-likeness (QED) is 0.374. The van der Waals surface area contributed by atoms with E-state index in [0.29, 0.717) is 11.3 Å². The lowest BCUT2D eigenvalue weighted by Crippen LogP contribution is -2.09.